The van der Waals surface area contributed by atoms with Crippen LogP contribution < -0.4 is 16.0 Å². The van der Waals surface area contributed by atoms with Gasteiger partial charge >= 0.3 is 5.69 Å². The zero-order valence-corrected chi connectivity index (χ0v) is 23.0. The Labute approximate surface area is 210 Å². The van der Waals surface area contributed by atoms with Crippen molar-refractivity contribution in [1.82, 2.24) is 14.1 Å². The highest BCUT2D eigenvalue weighted by molar-refractivity contribution is 6.74. The van der Waals surface area contributed by atoms with Crippen LogP contribution in [0.1, 0.15) is 32.8 Å². The first kappa shape index (κ1) is 26.5. The molecule has 3 rings (SSSR count). The van der Waals surface area contributed by atoms with Crippen LogP contribution in [0.3, 0.4) is 0 Å². The molecule has 2 heterocycles. The quantitative estimate of drug-likeness (QED) is 0.224. The van der Waals surface area contributed by atoms with Gasteiger partial charge in [-0.05, 0) is 48.8 Å². The van der Waals surface area contributed by atoms with E-state index in [4.69, 9.17) is 32.4 Å². The minimum atomic E-state index is -1.91. The van der Waals surface area contributed by atoms with Crippen molar-refractivity contribution in [3.63, 3.8) is 0 Å². The Morgan fingerprint density at radius 2 is 1.74 bits per heavy atom. The number of ether oxygens (including phenoxy) is 1. The molecule has 0 aliphatic carbocycles. The lowest BCUT2D eigenvalue weighted by Crippen LogP contribution is -2.42. The van der Waals surface area contributed by atoms with Gasteiger partial charge < -0.3 is 9.16 Å². The predicted molar refractivity (Wildman–Crippen MR) is 140 cm³/mol. The summed E-state index contributed by atoms with van der Waals surface area (Å²) in [6.45, 7) is 11.6. The number of aryl methyl sites for hydroxylation is 1. The highest BCUT2D eigenvalue weighted by atomic mass is 35.5. The maximum atomic E-state index is 13.4. The van der Waals surface area contributed by atoms with Gasteiger partial charge in [-0.2, -0.15) is 0 Å². The number of rotatable bonds is 8. The van der Waals surface area contributed by atoms with Crippen molar-refractivity contribution in [1.29, 1.82) is 0 Å². The summed E-state index contributed by atoms with van der Waals surface area (Å²) in [5.41, 5.74) is 0.0202. The van der Waals surface area contributed by atoms with E-state index in [2.05, 4.69) is 38.8 Å². The molecule has 10 heteroatoms. The van der Waals surface area contributed by atoms with E-state index in [-0.39, 0.29) is 23.3 Å². The molecule has 3 aromatic rings. The summed E-state index contributed by atoms with van der Waals surface area (Å²) in [6.07, 6.45) is 1.99. The molecular formula is C24H31Cl2N3O4Si. The van der Waals surface area contributed by atoms with Crippen molar-refractivity contribution in [3.05, 3.63) is 67.0 Å². The number of fused-ring (bicyclic) bond motifs is 1. The van der Waals surface area contributed by atoms with Crippen molar-refractivity contribution in [2.75, 3.05) is 6.61 Å². The monoisotopic (exact) mass is 523 g/mol. The second-order valence-electron chi connectivity index (χ2n) is 9.79. The lowest BCUT2D eigenvalue weighted by Gasteiger charge is -2.36. The van der Waals surface area contributed by atoms with Crippen LogP contribution in [0.4, 0.5) is 0 Å². The molecule has 0 unspecified atom stereocenters. The molecule has 34 heavy (non-hydrogen) atoms. The first-order valence-electron chi connectivity index (χ1n) is 11.1. The number of halogens is 2. The van der Waals surface area contributed by atoms with E-state index < -0.39 is 19.6 Å². The van der Waals surface area contributed by atoms with Crippen molar-refractivity contribution >= 4 is 42.4 Å². The van der Waals surface area contributed by atoms with Crippen LogP contribution in [0, 0.1) is 0 Å². The Hall–Kier alpha value is -2.13. The SMILES string of the molecule is Cn1c(=O)n(CCCO[Si](C)(C)C(C)(C)C)c(=O)c2c(COc3ccc(Cl)cc3)c(Cl)ncc21. The van der Waals surface area contributed by atoms with Gasteiger partial charge in [0.05, 0.1) is 17.1 Å². The third-order valence-corrected chi connectivity index (χ3v) is 11.6. The molecule has 0 bridgehead atoms. The van der Waals surface area contributed by atoms with Gasteiger partial charge in [0.15, 0.2) is 8.32 Å². The first-order valence-corrected chi connectivity index (χ1v) is 14.8. The van der Waals surface area contributed by atoms with Crippen LogP contribution in [0.15, 0.2) is 40.1 Å². The summed E-state index contributed by atoms with van der Waals surface area (Å²) in [7, 11) is -0.292. The van der Waals surface area contributed by atoms with Gasteiger partial charge in [0.1, 0.15) is 17.5 Å². The van der Waals surface area contributed by atoms with E-state index in [0.29, 0.717) is 40.3 Å². The molecule has 0 aliphatic rings. The maximum absolute atomic E-state index is 13.4. The normalized spacial score (nSPS) is 12.4. The summed E-state index contributed by atoms with van der Waals surface area (Å²) in [6, 6.07) is 6.88. The molecule has 7 nitrogen and oxygen atoms in total. The van der Waals surface area contributed by atoms with Gasteiger partial charge in [0.25, 0.3) is 5.56 Å². The molecule has 0 amide bonds. The summed E-state index contributed by atoms with van der Waals surface area (Å²) < 4.78 is 14.7. The van der Waals surface area contributed by atoms with Gasteiger partial charge in [-0.25, -0.2) is 9.78 Å². The lowest BCUT2D eigenvalue weighted by molar-refractivity contribution is 0.273. The van der Waals surface area contributed by atoms with Crippen LogP contribution in [0.2, 0.25) is 28.3 Å². The van der Waals surface area contributed by atoms with E-state index in [1.54, 1.807) is 31.3 Å². The van der Waals surface area contributed by atoms with E-state index in [1.165, 1.54) is 15.3 Å². The van der Waals surface area contributed by atoms with Gasteiger partial charge in [0, 0.05) is 30.8 Å². The third kappa shape index (κ3) is 5.57. The molecule has 0 N–H and O–H groups in total. The lowest BCUT2D eigenvalue weighted by atomic mass is 10.2. The van der Waals surface area contributed by atoms with Crippen LogP contribution in [-0.2, 0) is 24.6 Å². The molecule has 0 saturated carbocycles. The summed E-state index contributed by atoms with van der Waals surface area (Å²) >= 11 is 12.3. The average molecular weight is 525 g/mol. The van der Waals surface area contributed by atoms with Gasteiger partial charge in [-0.1, -0.05) is 44.0 Å². The third-order valence-electron chi connectivity index (χ3n) is 6.44. The number of nitrogens with zero attached hydrogens (tertiary/aromatic N) is 3. The molecule has 0 saturated heterocycles. The van der Waals surface area contributed by atoms with Crippen molar-refractivity contribution in [3.8, 4) is 5.75 Å². The number of aromatic nitrogens is 3. The molecule has 0 aliphatic heterocycles. The van der Waals surface area contributed by atoms with E-state index in [0.717, 1.165) is 0 Å². The second-order valence-corrected chi connectivity index (χ2v) is 15.4. The average Bonchev–Trinajstić information content (AvgIpc) is 2.76. The largest absolute Gasteiger partial charge is 0.489 e. The minimum Gasteiger partial charge on any atom is -0.489 e. The molecule has 2 aromatic heterocycles. The van der Waals surface area contributed by atoms with E-state index in [9.17, 15) is 9.59 Å². The Morgan fingerprint density at radius 1 is 1.09 bits per heavy atom. The van der Waals surface area contributed by atoms with Gasteiger partial charge in [-0.15, -0.1) is 0 Å². The van der Waals surface area contributed by atoms with Crippen LogP contribution in [0.25, 0.3) is 10.9 Å². The van der Waals surface area contributed by atoms with Gasteiger partial charge in [-0.3, -0.25) is 13.9 Å². The highest BCUT2D eigenvalue weighted by Gasteiger charge is 2.36. The highest BCUT2D eigenvalue weighted by Crippen LogP contribution is 2.36. The summed E-state index contributed by atoms with van der Waals surface area (Å²) in [4.78, 5) is 30.6. The fourth-order valence-corrected chi connectivity index (χ4v) is 4.71. The Morgan fingerprint density at radius 3 is 2.35 bits per heavy atom. The number of pyridine rings is 1. The fraction of sp³-hybridized carbons (Fsp3) is 0.458. The van der Waals surface area contributed by atoms with Crippen LogP contribution in [-0.4, -0.2) is 29.0 Å². The number of benzene rings is 1. The van der Waals surface area contributed by atoms with E-state index in [1.807, 2.05) is 0 Å². The number of hydrogen-bond acceptors (Lipinski definition) is 5. The standard InChI is InChI=1S/C24H31Cl2N3O4Si/c1-24(2,3)34(5,6)33-13-7-12-29-22(30)20-18(15-32-17-10-8-16(25)9-11-17)21(26)27-14-19(20)28(4)23(29)31/h8-11,14H,7,12-13,15H2,1-6H3. The molecular weight excluding hydrogens is 493 g/mol. The Bertz CT molecular complexity index is 1300. The molecule has 1 aromatic carbocycles. The Kier molecular flexibility index (Phi) is 7.97. The van der Waals surface area contributed by atoms with Crippen molar-refractivity contribution in [2.45, 2.75) is 58.5 Å². The predicted octanol–water partition coefficient (Wildman–Crippen LogP) is 5.39. The fourth-order valence-electron chi connectivity index (χ4n) is 3.30. The van der Waals surface area contributed by atoms with Crippen LogP contribution >= 0.6 is 23.2 Å². The van der Waals surface area contributed by atoms with Crippen molar-refractivity contribution in [2.24, 2.45) is 7.05 Å². The summed E-state index contributed by atoms with van der Waals surface area (Å²) in [5.74, 6) is 0.574. The zero-order valence-electron chi connectivity index (χ0n) is 20.4. The van der Waals surface area contributed by atoms with E-state index >= 15 is 0 Å². The van der Waals surface area contributed by atoms with Crippen molar-refractivity contribution < 1.29 is 9.16 Å². The zero-order chi connectivity index (χ0) is 25.3. The van der Waals surface area contributed by atoms with Gasteiger partial charge in [0.2, 0.25) is 0 Å². The minimum absolute atomic E-state index is 0.0206. The second kappa shape index (κ2) is 10.2. The Balaban J connectivity index is 1.91. The van der Waals surface area contributed by atoms with Crippen LogP contribution in [0.5, 0.6) is 5.75 Å². The molecule has 0 atom stereocenters. The molecule has 184 valence electrons. The first-order chi connectivity index (χ1) is 15.8. The molecule has 0 fully saturated rings. The number of hydrogen-bond donors (Lipinski definition) is 0. The summed E-state index contributed by atoms with van der Waals surface area (Å²) in [5, 5.41) is 1.16. The maximum Gasteiger partial charge on any atom is 0.331 e. The topological polar surface area (TPSA) is 75.3 Å². The smallest absolute Gasteiger partial charge is 0.331 e. The molecule has 0 spiro atoms. The molecule has 0 radical (unpaired) electrons.